The molecule has 0 aromatic rings. The van der Waals surface area contributed by atoms with Gasteiger partial charge in [-0.1, -0.05) is 0 Å². The molecule has 0 saturated heterocycles. The van der Waals surface area contributed by atoms with Crippen LogP contribution in [0.25, 0.3) is 0 Å². The fraction of sp³-hybridized carbons (Fsp3) is 0.714. The summed E-state index contributed by atoms with van der Waals surface area (Å²) >= 11 is 0. The van der Waals surface area contributed by atoms with Crippen LogP contribution in [0.1, 0.15) is 12.8 Å². The molecule has 1 N–H and O–H groups in total. The molecule has 0 aromatic heterocycles. The van der Waals surface area contributed by atoms with Crippen LogP contribution in [0.3, 0.4) is 0 Å². The van der Waals surface area contributed by atoms with Crippen molar-refractivity contribution in [2.24, 2.45) is 0 Å². The quantitative estimate of drug-likeness (QED) is 0.550. The summed E-state index contributed by atoms with van der Waals surface area (Å²) in [6.45, 7) is -0.201. The van der Waals surface area contributed by atoms with Crippen LogP contribution < -0.4 is 5.32 Å². The van der Waals surface area contributed by atoms with Crippen molar-refractivity contribution in [3.05, 3.63) is 0 Å². The standard InChI is InChI=1S/C7H10F3NO3/c1-14-5(12)3-2-4-11-6(13)7(8,9)10/h2-4H2,1H3,(H,11,13). The van der Waals surface area contributed by atoms with Gasteiger partial charge in [-0.3, -0.25) is 9.59 Å². The first-order valence-corrected chi connectivity index (χ1v) is 3.79. The third-order valence-electron chi connectivity index (χ3n) is 1.33. The van der Waals surface area contributed by atoms with Crippen molar-refractivity contribution in [2.45, 2.75) is 19.0 Å². The molecular formula is C7H10F3NO3. The smallest absolute Gasteiger partial charge is 0.469 e. The molecular weight excluding hydrogens is 203 g/mol. The fourth-order valence-electron chi connectivity index (χ4n) is 0.637. The van der Waals surface area contributed by atoms with Crippen LogP contribution in [-0.2, 0) is 14.3 Å². The Labute approximate surface area is 78.4 Å². The largest absolute Gasteiger partial charge is 0.471 e. The van der Waals surface area contributed by atoms with Gasteiger partial charge in [0.2, 0.25) is 0 Å². The fourth-order valence-corrected chi connectivity index (χ4v) is 0.637. The average Bonchev–Trinajstić information content (AvgIpc) is 2.09. The lowest BCUT2D eigenvalue weighted by Gasteiger charge is -2.06. The summed E-state index contributed by atoms with van der Waals surface area (Å²) in [5.41, 5.74) is 0. The van der Waals surface area contributed by atoms with Crippen molar-refractivity contribution in [3.8, 4) is 0 Å². The van der Waals surface area contributed by atoms with E-state index in [1.165, 1.54) is 7.11 Å². The SMILES string of the molecule is COC(=O)CCCNC(=O)C(F)(F)F. The summed E-state index contributed by atoms with van der Waals surface area (Å²) in [5.74, 6) is -2.52. The first kappa shape index (κ1) is 12.7. The van der Waals surface area contributed by atoms with E-state index in [0.29, 0.717) is 0 Å². The summed E-state index contributed by atoms with van der Waals surface area (Å²) in [6, 6.07) is 0. The zero-order valence-corrected chi connectivity index (χ0v) is 7.48. The Hall–Kier alpha value is -1.27. The molecule has 0 radical (unpaired) electrons. The summed E-state index contributed by atoms with van der Waals surface area (Å²) in [5, 5.41) is 1.63. The molecule has 0 aromatic carbocycles. The van der Waals surface area contributed by atoms with Crippen LogP contribution in [0, 0.1) is 0 Å². The second kappa shape index (κ2) is 5.46. The third-order valence-corrected chi connectivity index (χ3v) is 1.33. The van der Waals surface area contributed by atoms with Gasteiger partial charge in [0.15, 0.2) is 0 Å². The number of nitrogens with one attached hydrogen (secondary N) is 1. The number of hydrogen-bond acceptors (Lipinski definition) is 3. The van der Waals surface area contributed by atoms with Gasteiger partial charge in [0.25, 0.3) is 0 Å². The van der Waals surface area contributed by atoms with Crippen LogP contribution in [0.15, 0.2) is 0 Å². The van der Waals surface area contributed by atoms with E-state index < -0.39 is 18.1 Å². The Morgan fingerprint density at radius 2 is 1.93 bits per heavy atom. The van der Waals surface area contributed by atoms with E-state index in [4.69, 9.17) is 0 Å². The molecule has 0 aliphatic carbocycles. The second-order valence-corrected chi connectivity index (χ2v) is 2.43. The minimum absolute atomic E-state index is 0.0192. The van der Waals surface area contributed by atoms with Crippen molar-refractivity contribution >= 4 is 11.9 Å². The molecule has 0 heterocycles. The second-order valence-electron chi connectivity index (χ2n) is 2.43. The lowest BCUT2D eigenvalue weighted by atomic mass is 10.3. The molecule has 0 saturated carbocycles. The van der Waals surface area contributed by atoms with Gasteiger partial charge in [0.1, 0.15) is 0 Å². The number of methoxy groups -OCH3 is 1. The van der Waals surface area contributed by atoms with E-state index in [-0.39, 0.29) is 19.4 Å². The number of hydrogen-bond donors (Lipinski definition) is 1. The van der Waals surface area contributed by atoms with Crippen LogP contribution in [0.2, 0.25) is 0 Å². The first-order chi connectivity index (χ1) is 6.38. The number of halogens is 3. The number of carbonyl (C=O) groups excluding carboxylic acids is 2. The highest BCUT2D eigenvalue weighted by molar-refractivity contribution is 5.81. The summed E-state index contributed by atoms with van der Waals surface area (Å²) in [7, 11) is 1.18. The third kappa shape index (κ3) is 5.39. The molecule has 0 bridgehead atoms. The molecule has 14 heavy (non-hydrogen) atoms. The molecule has 0 fully saturated rings. The topological polar surface area (TPSA) is 55.4 Å². The predicted molar refractivity (Wildman–Crippen MR) is 40.3 cm³/mol. The van der Waals surface area contributed by atoms with Crippen LogP contribution in [0.4, 0.5) is 13.2 Å². The summed E-state index contributed by atoms with van der Waals surface area (Å²) in [4.78, 5) is 20.7. The maximum Gasteiger partial charge on any atom is 0.471 e. The Morgan fingerprint density at radius 3 is 2.36 bits per heavy atom. The highest BCUT2D eigenvalue weighted by Gasteiger charge is 2.38. The van der Waals surface area contributed by atoms with Gasteiger partial charge in [-0.2, -0.15) is 13.2 Å². The minimum Gasteiger partial charge on any atom is -0.469 e. The Kier molecular flexibility index (Phi) is 4.96. The number of rotatable bonds is 4. The first-order valence-electron chi connectivity index (χ1n) is 3.79. The maximum atomic E-state index is 11.6. The van der Waals surface area contributed by atoms with Gasteiger partial charge in [-0.05, 0) is 6.42 Å². The van der Waals surface area contributed by atoms with Gasteiger partial charge in [-0.15, -0.1) is 0 Å². The predicted octanol–water partition coefficient (Wildman–Crippen LogP) is 0.618. The molecule has 82 valence electrons. The van der Waals surface area contributed by atoms with E-state index in [1.807, 2.05) is 0 Å². The van der Waals surface area contributed by atoms with Gasteiger partial charge in [0, 0.05) is 13.0 Å². The van der Waals surface area contributed by atoms with Crippen molar-refractivity contribution in [1.29, 1.82) is 0 Å². The van der Waals surface area contributed by atoms with E-state index in [1.54, 1.807) is 5.32 Å². The van der Waals surface area contributed by atoms with Gasteiger partial charge in [0.05, 0.1) is 7.11 Å². The summed E-state index contributed by atoms with van der Waals surface area (Å²) < 4.78 is 39.0. The normalized spacial score (nSPS) is 10.9. The molecule has 0 aliphatic heterocycles. The molecule has 0 atom stereocenters. The highest BCUT2D eigenvalue weighted by Crippen LogP contribution is 2.13. The molecule has 0 rings (SSSR count). The Morgan fingerprint density at radius 1 is 1.36 bits per heavy atom. The van der Waals surface area contributed by atoms with Crippen LogP contribution in [0.5, 0.6) is 0 Å². The van der Waals surface area contributed by atoms with Crippen molar-refractivity contribution in [1.82, 2.24) is 5.32 Å². The van der Waals surface area contributed by atoms with Crippen molar-refractivity contribution in [3.63, 3.8) is 0 Å². The zero-order chi connectivity index (χ0) is 11.2. The molecule has 4 nitrogen and oxygen atoms in total. The molecule has 0 aliphatic rings. The number of esters is 1. The molecule has 1 amide bonds. The number of amides is 1. The zero-order valence-electron chi connectivity index (χ0n) is 7.48. The lowest BCUT2D eigenvalue weighted by molar-refractivity contribution is -0.173. The van der Waals surface area contributed by atoms with E-state index >= 15 is 0 Å². The number of carbonyl (C=O) groups is 2. The minimum atomic E-state index is -4.87. The lowest BCUT2D eigenvalue weighted by Crippen LogP contribution is -2.37. The Bertz CT molecular complexity index is 215. The number of ether oxygens (including phenoxy) is 1. The van der Waals surface area contributed by atoms with E-state index in [9.17, 15) is 22.8 Å². The van der Waals surface area contributed by atoms with Crippen LogP contribution in [-0.4, -0.2) is 31.7 Å². The molecule has 0 spiro atoms. The monoisotopic (exact) mass is 213 g/mol. The van der Waals surface area contributed by atoms with Gasteiger partial charge < -0.3 is 10.1 Å². The van der Waals surface area contributed by atoms with Gasteiger partial charge in [-0.25, -0.2) is 0 Å². The Balaban J connectivity index is 3.56. The van der Waals surface area contributed by atoms with Crippen molar-refractivity contribution in [2.75, 3.05) is 13.7 Å². The average molecular weight is 213 g/mol. The maximum absolute atomic E-state index is 11.6. The highest BCUT2D eigenvalue weighted by atomic mass is 19.4. The van der Waals surface area contributed by atoms with Crippen molar-refractivity contribution < 1.29 is 27.5 Å². The van der Waals surface area contributed by atoms with Gasteiger partial charge >= 0.3 is 18.1 Å². The molecule has 0 unspecified atom stereocenters. The van der Waals surface area contributed by atoms with E-state index in [2.05, 4.69) is 4.74 Å². The number of alkyl halides is 3. The van der Waals surface area contributed by atoms with E-state index in [0.717, 1.165) is 0 Å². The summed E-state index contributed by atoms with van der Waals surface area (Å²) in [6.07, 6.45) is -4.77. The molecule has 7 heteroatoms. The van der Waals surface area contributed by atoms with Crippen LogP contribution >= 0.6 is 0 Å².